The number of hydrogen-bond acceptors (Lipinski definition) is 6. The van der Waals surface area contributed by atoms with Gasteiger partial charge in [-0.05, 0) is 30.7 Å². The number of aliphatic imine (C=N–C) groups is 1. The fourth-order valence-electron chi connectivity index (χ4n) is 2.06. The summed E-state index contributed by atoms with van der Waals surface area (Å²) in [4.78, 5) is 26.3. The molecule has 2 unspecified atom stereocenters. The van der Waals surface area contributed by atoms with Gasteiger partial charge in [-0.1, -0.05) is 36.4 Å². The van der Waals surface area contributed by atoms with Gasteiger partial charge < -0.3 is 9.84 Å². The predicted molar refractivity (Wildman–Crippen MR) is 98.2 cm³/mol. The molecule has 2 aromatic rings. The molecule has 0 aliphatic carbocycles. The van der Waals surface area contributed by atoms with Gasteiger partial charge in [-0.2, -0.15) is 0 Å². The van der Waals surface area contributed by atoms with Gasteiger partial charge in [0.2, 0.25) is 0 Å². The highest BCUT2D eigenvalue weighted by atomic mass is 16.6. The van der Waals surface area contributed by atoms with Gasteiger partial charge in [-0.3, -0.25) is 15.1 Å². The maximum absolute atomic E-state index is 12.2. The predicted octanol–water partition coefficient (Wildman–Crippen LogP) is 3.03. The Balaban J connectivity index is 2.01. The van der Waals surface area contributed by atoms with Crippen LogP contribution in [0.2, 0.25) is 0 Å². The van der Waals surface area contributed by atoms with E-state index in [0.717, 1.165) is 5.56 Å². The molecule has 0 radical (unpaired) electrons. The van der Waals surface area contributed by atoms with E-state index >= 15 is 0 Å². The van der Waals surface area contributed by atoms with E-state index in [-0.39, 0.29) is 11.4 Å². The van der Waals surface area contributed by atoms with Crippen LogP contribution in [0.3, 0.4) is 0 Å². The molecule has 2 aromatic carbocycles. The van der Waals surface area contributed by atoms with Crippen LogP contribution in [0.25, 0.3) is 6.08 Å². The summed E-state index contributed by atoms with van der Waals surface area (Å²) in [7, 11) is 0. The molecular formula is C19H18N2O5. The quantitative estimate of drug-likeness (QED) is 0.271. The van der Waals surface area contributed by atoms with E-state index in [2.05, 4.69) is 4.99 Å². The van der Waals surface area contributed by atoms with Crippen LogP contribution in [0, 0.1) is 10.1 Å². The van der Waals surface area contributed by atoms with Gasteiger partial charge in [0.15, 0.2) is 6.04 Å². The molecule has 0 saturated heterocycles. The number of esters is 1. The zero-order valence-corrected chi connectivity index (χ0v) is 14.1. The van der Waals surface area contributed by atoms with Gasteiger partial charge in [0.05, 0.1) is 11.0 Å². The maximum Gasteiger partial charge on any atom is 0.338 e. The fourth-order valence-corrected chi connectivity index (χ4v) is 2.06. The lowest BCUT2D eigenvalue weighted by Gasteiger charge is -2.14. The Morgan fingerprint density at radius 3 is 2.42 bits per heavy atom. The summed E-state index contributed by atoms with van der Waals surface area (Å²) in [5.74, 6) is -0.612. The third-order valence-corrected chi connectivity index (χ3v) is 3.39. The minimum absolute atomic E-state index is 0.110. The summed E-state index contributed by atoms with van der Waals surface area (Å²) >= 11 is 0. The van der Waals surface area contributed by atoms with Crippen molar-refractivity contribution in [2.24, 2.45) is 4.99 Å². The lowest BCUT2D eigenvalue weighted by Crippen LogP contribution is -2.33. The molecule has 0 heterocycles. The molecule has 0 aliphatic heterocycles. The molecule has 1 N–H and O–H groups in total. The normalized spacial score (nSPS) is 13.6. The van der Waals surface area contributed by atoms with Gasteiger partial charge in [-0.25, -0.2) is 4.79 Å². The largest absolute Gasteiger partial charge is 0.425 e. The van der Waals surface area contributed by atoms with Crippen LogP contribution in [-0.4, -0.2) is 34.4 Å². The van der Waals surface area contributed by atoms with Gasteiger partial charge >= 0.3 is 5.97 Å². The number of nitro benzene ring substituents is 1. The van der Waals surface area contributed by atoms with Crippen molar-refractivity contribution in [2.45, 2.75) is 19.1 Å². The molecule has 26 heavy (non-hydrogen) atoms. The summed E-state index contributed by atoms with van der Waals surface area (Å²) in [6.07, 6.45) is 3.83. The number of aliphatic hydroxyl groups is 1. The number of carbonyl (C=O) groups is 1. The van der Waals surface area contributed by atoms with E-state index in [4.69, 9.17) is 4.74 Å². The molecule has 0 aliphatic rings. The Morgan fingerprint density at radius 1 is 1.19 bits per heavy atom. The first-order valence-corrected chi connectivity index (χ1v) is 7.86. The number of carbonyl (C=O) groups excluding carboxylic acids is 1. The van der Waals surface area contributed by atoms with E-state index in [0.29, 0.717) is 0 Å². The summed E-state index contributed by atoms with van der Waals surface area (Å²) in [6.45, 7) is 1.43. The fraction of sp³-hybridized carbons (Fsp3) is 0.158. The zero-order valence-electron chi connectivity index (χ0n) is 14.1. The van der Waals surface area contributed by atoms with Crippen molar-refractivity contribution in [1.82, 2.24) is 0 Å². The highest BCUT2D eigenvalue weighted by Gasteiger charge is 2.24. The molecule has 0 aromatic heterocycles. The first kappa shape index (κ1) is 19.0. The topological polar surface area (TPSA) is 102 Å². The first-order valence-electron chi connectivity index (χ1n) is 7.86. The molecule has 0 spiro atoms. The second kappa shape index (κ2) is 9.24. The summed E-state index contributed by atoms with van der Waals surface area (Å²) < 4.78 is 5.13. The Morgan fingerprint density at radius 2 is 1.85 bits per heavy atom. The van der Waals surface area contributed by atoms with Crippen LogP contribution in [0.4, 0.5) is 5.69 Å². The third-order valence-electron chi connectivity index (χ3n) is 3.39. The molecule has 7 heteroatoms. The minimum Gasteiger partial charge on any atom is -0.425 e. The number of rotatable bonds is 7. The monoisotopic (exact) mass is 354 g/mol. The highest BCUT2D eigenvalue weighted by Crippen LogP contribution is 2.18. The Labute approximate surface area is 150 Å². The van der Waals surface area contributed by atoms with Crippen molar-refractivity contribution >= 4 is 23.9 Å². The number of non-ortho nitro benzene ring substituents is 1. The van der Waals surface area contributed by atoms with E-state index in [1.807, 2.05) is 36.4 Å². The average molecular weight is 354 g/mol. The highest BCUT2D eigenvalue weighted by molar-refractivity contribution is 5.84. The van der Waals surface area contributed by atoms with Crippen LogP contribution in [-0.2, 0) is 4.79 Å². The molecule has 134 valence electrons. The van der Waals surface area contributed by atoms with Crippen molar-refractivity contribution in [3.05, 3.63) is 76.4 Å². The molecule has 0 saturated carbocycles. The summed E-state index contributed by atoms with van der Waals surface area (Å²) in [5, 5.41) is 20.4. The van der Waals surface area contributed by atoms with Crippen LogP contribution >= 0.6 is 0 Å². The molecule has 0 amide bonds. The lowest BCUT2D eigenvalue weighted by atomic mass is 10.2. The average Bonchev–Trinajstić information content (AvgIpc) is 2.62. The standard InChI is InChI=1S/C19H18N2O5/c1-14(22)18(20-13-5-8-15-6-3-2-4-7-15)19(23)26-17-11-9-16(10-12-17)21(24)25/h2-14,18,22H,1H3/b8-5+,20-13?. The number of benzene rings is 2. The Bertz CT molecular complexity index is 798. The van der Waals surface area contributed by atoms with Gasteiger partial charge in [0, 0.05) is 18.3 Å². The number of aliphatic hydroxyl groups excluding tert-OH is 1. The summed E-state index contributed by atoms with van der Waals surface area (Å²) in [6, 6.07) is 13.5. The minimum atomic E-state index is -1.11. The van der Waals surface area contributed by atoms with Crippen molar-refractivity contribution in [2.75, 3.05) is 0 Å². The molecular weight excluding hydrogens is 336 g/mol. The van der Waals surface area contributed by atoms with Crippen molar-refractivity contribution in [3.8, 4) is 5.75 Å². The second-order valence-electron chi connectivity index (χ2n) is 5.43. The van der Waals surface area contributed by atoms with Crippen LogP contribution in [0.1, 0.15) is 12.5 Å². The van der Waals surface area contributed by atoms with E-state index < -0.39 is 23.0 Å². The SMILES string of the molecule is CC(O)C(N=C/C=C/c1ccccc1)C(=O)Oc1ccc([N+](=O)[O-])cc1. The second-order valence-corrected chi connectivity index (χ2v) is 5.43. The number of ether oxygens (including phenoxy) is 1. The molecule has 7 nitrogen and oxygen atoms in total. The molecule has 2 rings (SSSR count). The van der Waals surface area contributed by atoms with Crippen LogP contribution < -0.4 is 4.74 Å². The van der Waals surface area contributed by atoms with E-state index in [1.165, 1.54) is 37.4 Å². The zero-order chi connectivity index (χ0) is 18.9. The lowest BCUT2D eigenvalue weighted by molar-refractivity contribution is -0.384. The first-order chi connectivity index (χ1) is 12.5. The molecule has 2 atom stereocenters. The third kappa shape index (κ3) is 5.64. The van der Waals surface area contributed by atoms with Crippen LogP contribution in [0.5, 0.6) is 5.75 Å². The smallest absolute Gasteiger partial charge is 0.338 e. The van der Waals surface area contributed by atoms with Gasteiger partial charge in [0.1, 0.15) is 5.75 Å². The number of allylic oxidation sites excluding steroid dienone is 1. The maximum atomic E-state index is 12.2. The van der Waals surface area contributed by atoms with Gasteiger partial charge in [-0.15, -0.1) is 0 Å². The Hall–Kier alpha value is -3.32. The number of hydrogen-bond donors (Lipinski definition) is 1. The van der Waals surface area contributed by atoms with Crippen molar-refractivity contribution < 1.29 is 19.6 Å². The van der Waals surface area contributed by atoms with E-state index in [9.17, 15) is 20.0 Å². The number of nitro groups is 1. The summed E-state index contributed by atoms with van der Waals surface area (Å²) in [5.41, 5.74) is 0.863. The number of nitrogens with zero attached hydrogens (tertiary/aromatic N) is 2. The van der Waals surface area contributed by atoms with Crippen molar-refractivity contribution in [3.63, 3.8) is 0 Å². The Kier molecular flexibility index (Phi) is 6.75. The van der Waals surface area contributed by atoms with Crippen LogP contribution in [0.15, 0.2) is 65.7 Å². The van der Waals surface area contributed by atoms with Gasteiger partial charge in [0.25, 0.3) is 5.69 Å². The molecule has 0 fully saturated rings. The molecule has 0 bridgehead atoms. The van der Waals surface area contributed by atoms with Crippen molar-refractivity contribution in [1.29, 1.82) is 0 Å². The van der Waals surface area contributed by atoms with E-state index in [1.54, 1.807) is 6.08 Å².